The van der Waals surface area contributed by atoms with Crippen LogP contribution >= 0.6 is 11.3 Å². The Morgan fingerprint density at radius 3 is 1.16 bits per heavy atom. The highest BCUT2D eigenvalue weighted by atomic mass is 32.1. The fourth-order valence-electron chi connectivity index (χ4n) is 9.54. The van der Waals surface area contributed by atoms with Gasteiger partial charge in [0.1, 0.15) is 0 Å². The number of aromatic nitrogens is 3. The van der Waals surface area contributed by atoms with Crippen LogP contribution in [0.25, 0.3) is 131 Å². The quantitative estimate of drug-likeness (QED) is 0.160. The van der Waals surface area contributed by atoms with Gasteiger partial charge in [-0.2, -0.15) is 0 Å². The number of nitrogens with zero attached hydrogens (tertiary/aromatic N) is 3. The van der Waals surface area contributed by atoms with Crippen LogP contribution in [0.3, 0.4) is 0 Å². The molecule has 0 spiro atoms. The summed E-state index contributed by atoms with van der Waals surface area (Å²) in [5.41, 5.74) is 11.8. The number of hydrogen-bond acceptors (Lipinski definition) is 4. The summed E-state index contributed by atoms with van der Waals surface area (Å²) < 4.78 is 2.47. The minimum atomic E-state index is 0.617. The average molecular weight is 870 g/mol. The summed E-state index contributed by atoms with van der Waals surface area (Å²) >= 11 is 1.81. The van der Waals surface area contributed by atoms with Gasteiger partial charge < -0.3 is 0 Å². The van der Waals surface area contributed by atoms with E-state index >= 15 is 0 Å². The topological polar surface area (TPSA) is 38.7 Å². The lowest BCUT2D eigenvalue weighted by molar-refractivity contribution is 1.07. The molecule has 0 unspecified atom stereocenters. The normalized spacial score (nSPS) is 11.6. The van der Waals surface area contributed by atoms with Crippen molar-refractivity contribution in [2.24, 2.45) is 0 Å². The van der Waals surface area contributed by atoms with Crippen LogP contribution in [-0.4, -0.2) is 15.0 Å². The first-order valence-electron chi connectivity index (χ1n) is 22.6. The van der Waals surface area contributed by atoms with Gasteiger partial charge in [-0.1, -0.05) is 170 Å². The predicted molar refractivity (Wildman–Crippen MR) is 283 cm³/mol. The van der Waals surface area contributed by atoms with Gasteiger partial charge >= 0.3 is 0 Å². The largest absolute Gasteiger partial charge is 0.208 e. The Kier molecular flexibility index (Phi) is 9.36. The summed E-state index contributed by atoms with van der Waals surface area (Å²) in [5, 5.41) is 9.88. The van der Waals surface area contributed by atoms with E-state index in [2.05, 4.69) is 218 Å². The molecule has 0 aliphatic rings. The highest BCUT2D eigenvalue weighted by Crippen LogP contribution is 2.41. The second-order valence-electron chi connectivity index (χ2n) is 17.3. The molecule has 0 radical (unpaired) electrons. The predicted octanol–water partition coefficient (Wildman–Crippen LogP) is 17.4. The molecule has 4 heteroatoms. The minimum absolute atomic E-state index is 0.617. The molecule has 0 bridgehead atoms. The molecule has 13 rings (SSSR count). The number of hydrogen-bond donors (Lipinski definition) is 0. The van der Waals surface area contributed by atoms with Crippen molar-refractivity contribution in [1.82, 2.24) is 15.0 Å². The first-order valence-corrected chi connectivity index (χ1v) is 23.5. The summed E-state index contributed by atoms with van der Waals surface area (Å²) in [6.45, 7) is 0. The Labute approximate surface area is 392 Å². The molecule has 312 valence electrons. The van der Waals surface area contributed by atoms with Crippen LogP contribution in [0.15, 0.2) is 237 Å². The lowest BCUT2D eigenvalue weighted by Gasteiger charge is -2.15. The smallest absolute Gasteiger partial charge is 0.164 e. The van der Waals surface area contributed by atoms with Gasteiger partial charge in [-0.05, 0) is 144 Å². The molecule has 0 atom stereocenters. The highest BCUT2D eigenvalue weighted by Gasteiger charge is 2.18. The maximum Gasteiger partial charge on any atom is 0.164 e. The molecule has 0 amide bonds. The molecule has 0 fully saturated rings. The number of thiophene rings is 1. The number of fused-ring (bicyclic) bond motifs is 6. The van der Waals surface area contributed by atoms with Crippen molar-refractivity contribution < 1.29 is 0 Å². The van der Waals surface area contributed by atoms with Gasteiger partial charge in [0.2, 0.25) is 0 Å². The molecule has 0 aliphatic heterocycles. The zero-order chi connectivity index (χ0) is 44.3. The van der Waals surface area contributed by atoms with Gasteiger partial charge in [0.05, 0.1) is 0 Å². The second-order valence-corrected chi connectivity index (χ2v) is 18.4. The van der Waals surface area contributed by atoms with Crippen LogP contribution in [0.4, 0.5) is 0 Å². The maximum absolute atomic E-state index is 5.35. The molecule has 2 heterocycles. The van der Waals surface area contributed by atoms with E-state index in [1.807, 2.05) is 29.5 Å². The SMILES string of the molecule is c1ccc(-c2cc(-c3cc(-c4ccc5ccccc5c4)cc(-c4ccc5ccccc5c4)c3)cc(-c3nc(-c4ccccc4)nc(-c4ccc5c(c4)sc4cc6ccccc6cc45)n3)c2)cc1. The van der Waals surface area contributed by atoms with Gasteiger partial charge in [-0.25, -0.2) is 15.0 Å². The molecule has 11 aromatic carbocycles. The van der Waals surface area contributed by atoms with E-state index in [0.29, 0.717) is 17.5 Å². The van der Waals surface area contributed by atoms with Gasteiger partial charge in [0.15, 0.2) is 17.5 Å². The van der Waals surface area contributed by atoms with Crippen molar-refractivity contribution in [3.05, 3.63) is 237 Å². The van der Waals surface area contributed by atoms with Gasteiger partial charge in [0, 0.05) is 36.9 Å². The van der Waals surface area contributed by atoms with Crippen LogP contribution in [0, 0.1) is 0 Å². The van der Waals surface area contributed by atoms with E-state index in [1.54, 1.807) is 0 Å². The van der Waals surface area contributed by atoms with E-state index in [1.165, 1.54) is 63.6 Å². The standard InChI is InChI=1S/C63H39N3S/c1-3-13-40(14-4-1)51-31-55(54-33-52(48-25-23-41-15-7-9-19-44(41)29-48)32-53(34-54)49-26-24-42-16-8-10-20-45(42)30-49)36-56(35-51)63-65-61(43-17-5-2-6-18-43)64-62(66-63)50-27-28-57-58-37-46-21-11-12-22-47(46)38-60(58)67-59(57)39-50/h1-39H. The average Bonchev–Trinajstić information content (AvgIpc) is 3.76. The van der Waals surface area contributed by atoms with Crippen LogP contribution < -0.4 is 0 Å². The summed E-state index contributed by atoms with van der Waals surface area (Å²) in [6.07, 6.45) is 0. The Morgan fingerprint density at radius 1 is 0.209 bits per heavy atom. The lowest BCUT2D eigenvalue weighted by atomic mass is 9.90. The van der Waals surface area contributed by atoms with Crippen LogP contribution in [0.5, 0.6) is 0 Å². The van der Waals surface area contributed by atoms with Crippen LogP contribution in [0.1, 0.15) is 0 Å². The number of benzene rings is 11. The maximum atomic E-state index is 5.35. The fourth-order valence-corrected chi connectivity index (χ4v) is 10.7. The van der Waals surface area contributed by atoms with Crippen molar-refractivity contribution in [2.75, 3.05) is 0 Å². The summed E-state index contributed by atoms with van der Waals surface area (Å²) in [4.78, 5) is 15.8. The molecule has 0 saturated carbocycles. The molecule has 3 nitrogen and oxygen atoms in total. The fraction of sp³-hybridized carbons (Fsp3) is 0. The lowest BCUT2D eigenvalue weighted by Crippen LogP contribution is -2.00. The highest BCUT2D eigenvalue weighted by molar-refractivity contribution is 7.25. The first-order chi connectivity index (χ1) is 33.1. The minimum Gasteiger partial charge on any atom is -0.208 e. The summed E-state index contributed by atoms with van der Waals surface area (Å²) in [6, 6.07) is 85.2. The Balaban J connectivity index is 1.01. The van der Waals surface area contributed by atoms with Crippen molar-refractivity contribution in [3.8, 4) is 78.7 Å². The third-order valence-electron chi connectivity index (χ3n) is 13.0. The third kappa shape index (κ3) is 7.30. The van der Waals surface area contributed by atoms with Crippen LogP contribution in [-0.2, 0) is 0 Å². The molecule has 0 N–H and O–H groups in total. The molecule has 67 heavy (non-hydrogen) atoms. The summed E-state index contributed by atoms with van der Waals surface area (Å²) in [7, 11) is 0. The van der Waals surface area contributed by atoms with Gasteiger partial charge in [-0.15, -0.1) is 11.3 Å². The zero-order valence-electron chi connectivity index (χ0n) is 36.3. The monoisotopic (exact) mass is 869 g/mol. The van der Waals surface area contributed by atoms with Crippen molar-refractivity contribution in [1.29, 1.82) is 0 Å². The second kappa shape index (κ2) is 16.1. The van der Waals surface area contributed by atoms with Crippen molar-refractivity contribution in [3.63, 3.8) is 0 Å². The van der Waals surface area contributed by atoms with Crippen molar-refractivity contribution in [2.45, 2.75) is 0 Å². The van der Waals surface area contributed by atoms with E-state index in [9.17, 15) is 0 Å². The Hall–Kier alpha value is -8.57. The molecule has 0 saturated heterocycles. The number of rotatable bonds is 7. The Bertz CT molecular complexity index is 3950. The molecular formula is C63H39N3S. The van der Waals surface area contributed by atoms with E-state index in [-0.39, 0.29) is 0 Å². The molecular weight excluding hydrogens is 831 g/mol. The Morgan fingerprint density at radius 2 is 0.597 bits per heavy atom. The molecule has 0 aliphatic carbocycles. The van der Waals surface area contributed by atoms with Crippen LogP contribution in [0.2, 0.25) is 0 Å². The zero-order valence-corrected chi connectivity index (χ0v) is 37.1. The first kappa shape index (κ1) is 38.9. The van der Waals surface area contributed by atoms with E-state index < -0.39 is 0 Å². The van der Waals surface area contributed by atoms with Gasteiger partial charge in [-0.3, -0.25) is 0 Å². The molecule has 13 aromatic rings. The van der Waals surface area contributed by atoms with E-state index in [0.717, 1.165) is 50.1 Å². The van der Waals surface area contributed by atoms with E-state index in [4.69, 9.17) is 15.0 Å². The van der Waals surface area contributed by atoms with Gasteiger partial charge in [0.25, 0.3) is 0 Å². The van der Waals surface area contributed by atoms with Crippen molar-refractivity contribution >= 4 is 63.8 Å². The molecule has 2 aromatic heterocycles. The third-order valence-corrected chi connectivity index (χ3v) is 14.1. The summed E-state index contributed by atoms with van der Waals surface area (Å²) in [5.74, 6) is 1.88.